The van der Waals surface area contributed by atoms with Gasteiger partial charge < -0.3 is 4.74 Å². The first-order valence-corrected chi connectivity index (χ1v) is 6.58. The lowest BCUT2D eigenvalue weighted by Gasteiger charge is -2.19. The number of aryl methyl sites for hydroxylation is 2. The molecule has 1 aromatic rings. The first-order valence-electron chi connectivity index (χ1n) is 5.95. The van der Waals surface area contributed by atoms with E-state index in [1.54, 1.807) is 0 Å². The van der Waals surface area contributed by atoms with E-state index in [1.807, 2.05) is 6.92 Å². The zero-order valence-corrected chi connectivity index (χ0v) is 11.6. The Hall–Kier alpha value is -0.630. The maximum atomic E-state index is 5.77. The van der Waals surface area contributed by atoms with Crippen molar-refractivity contribution in [2.45, 2.75) is 40.0 Å². The molecule has 90 valence electrons. The van der Waals surface area contributed by atoms with E-state index in [0.717, 1.165) is 24.5 Å². The molecule has 0 aromatic heterocycles. The first-order chi connectivity index (χ1) is 7.60. The molecule has 0 saturated heterocycles. The van der Waals surface area contributed by atoms with Gasteiger partial charge in [0.1, 0.15) is 5.75 Å². The number of hydrogen-bond acceptors (Lipinski definition) is 2. The van der Waals surface area contributed by atoms with Crippen LogP contribution in [0.5, 0.6) is 5.75 Å². The van der Waals surface area contributed by atoms with Crippen LogP contribution in [0, 0.1) is 13.8 Å². The predicted molar refractivity (Wildman–Crippen MR) is 74.0 cm³/mol. The summed E-state index contributed by atoms with van der Waals surface area (Å²) in [5, 5.41) is 0. The molecule has 0 N–H and O–H groups in total. The molecule has 0 aliphatic heterocycles. The van der Waals surface area contributed by atoms with Gasteiger partial charge in [0.2, 0.25) is 0 Å². The van der Waals surface area contributed by atoms with Gasteiger partial charge in [-0.1, -0.05) is 24.6 Å². The molecule has 0 bridgehead atoms. The Labute approximate surface area is 105 Å². The summed E-state index contributed by atoms with van der Waals surface area (Å²) in [7, 11) is 0. The molecular weight excluding hydrogens is 216 g/mol. The summed E-state index contributed by atoms with van der Waals surface area (Å²) in [6.45, 7) is 9.26. The fraction of sp³-hybridized carbons (Fsp3) is 0.571. The molecule has 1 aromatic carbocycles. The minimum Gasteiger partial charge on any atom is -0.493 e. The predicted octanol–water partition coefficient (Wildman–Crippen LogP) is 4.13. The summed E-state index contributed by atoms with van der Waals surface area (Å²) in [4.78, 5) is 0. The van der Waals surface area contributed by atoms with Gasteiger partial charge in [-0.2, -0.15) is 12.6 Å². The molecule has 0 saturated carbocycles. The summed E-state index contributed by atoms with van der Waals surface area (Å²) < 4.78 is 5.77. The molecule has 0 fully saturated rings. The van der Waals surface area contributed by atoms with Crippen LogP contribution in [0.4, 0.5) is 0 Å². The molecule has 1 rings (SSSR count). The average molecular weight is 238 g/mol. The number of hydrogen-bond donors (Lipinski definition) is 1. The molecule has 0 amide bonds. The molecule has 0 aliphatic carbocycles. The third-order valence-electron chi connectivity index (χ3n) is 2.83. The Bertz CT molecular complexity index is 347. The number of ether oxygens (including phenoxy) is 1. The lowest BCUT2D eigenvalue weighted by molar-refractivity contribution is 0.332. The second-order valence-corrected chi connectivity index (χ2v) is 4.79. The normalized spacial score (nSPS) is 12.6. The molecule has 0 heterocycles. The summed E-state index contributed by atoms with van der Waals surface area (Å²) in [5.74, 6) is 2.50. The molecule has 1 atom stereocenters. The van der Waals surface area contributed by atoms with Gasteiger partial charge in [0.15, 0.2) is 0 Å². The van der Waals surface area contributed by atoms with Crippen molar-refractivity contribution < 1.29 is 4.74 Å². The summed E-state index contributed by atoms with van der Waals surface area (Å²) in [5.41, 5.74) is 3.87. The first kappa shape index (κ1) is 13.4. The van der Waals surface area contributed by atoms with Crippen molar-refractivity contribution in [3.63, 3.8) is 0 Å². The Kier molecular flexibility index (Phi) is 5.20. The zero-order valence-electron chi connectivity index (χ0n) is 10.7. The van der Waals surface area contributed by atoms with E-state index in [0.29, 0.717) is 5.92 Å². The van der Waals surface area contributed by atoms with Crippen LogP contribution >= 0.6 is 12.6 Å². The second kappa shape index (κ2) is 6.19. The monoisotopic (exact) mass is 238 g/mol. The molecule has 0 spiro atoms. The Morgan fingerprint density at radius 1 is 1.31 bits per heavy atom. The quantitative estimate of drug-likeness (QED) is 0.759. The van der Waals surface area contributed by atoms with Crippen LogP contribution in [0.1, 0.15) is 42.9 Å². The topological polar surface area (TPSA) is 9.23 Å². The highest BCUT2D eigenvalue weighted by Crippen LogP contribution is 2.33. The maximum Gasteiger partial charge on any atom is 0.125 e. The Morgan fingerprint density at radius 2 is 2.00 bits per heavy atom. The zero-order chi connectivity index (χ0) is 12.1. The highest BCUT2D eigenvalue weighted by Gasteiger charge is 2.13. The van der Waals surface area contributed by atoms with Crippen LogP contribution in [-0.4, -0.2) is 12.4 Å². The van der Waals surface area contributed by atoms with E-state index in [1.165, 1.54) is 16.7 Å². The summed E-state index contributed by atoms with van der Waals surface area (Å²) in [6, 6.07) is 4.42. The fourth-order valence-electron chi connectivity index (χ4n) is 2.04. The highest BCUT2D eigenvalue weighted by atomic mass is 32.1. The van der Waals surface area contributed by atoms with Crippen molar-refractivity contribution >= 4 is 12.6 Å². The van der Waals surface area contributed by atoms with Gasteiger partial charge in [-0.05, 0) is 50.0 Å². The number of benzene rings is 1. The Balaban J connectivity index is 3.12. The van der Waals surface area contributed by atoms with Crippen molar-refractivity contribution in [2.24, 2.45) is 0 Å². The third-order valence-corrected chi connectivity index (χ3v) is 3.09. The van der Waals surface area contributed by atoms with Gasteiger partial charge in [-0.15, -0.1) is 0 Å². The smallest absolute Gasteiger partial charge is 0.125 e. The molecule has 1 unspecified atom stereocenters. The van der Waals surface area contributed by atoms with Crippen LogP contribution < -0.4 is 4.74 Å². The van der Waals surface area contributed by atoms with Gasteiger partial charge in [-0.3, -0.25) is 0 Å². The second-order valence-electron chi connectivity index (χ2n) is 4.35. The number of thiol groups is 1. The molecular formula is C14H22OS. The summed E-state index contributed by atoms with van der Waals surface area (Å²) in [6.07, 6.45) is 1.09. The van der Waals surface area contributed by atoms with Crippen LogP contribution in [0.2, 0.25) is 0 Å². The lowest BCUT2D eigenvalue weighted by Crippen LogP contribution is -2.03. The number of rotatable bonds is 5. The van der Waals surface area contributed by atoms with Crippen molar-refractivity contribution in [1.29, 1.82) is 0 Å². The van der Waals surface area contributed by atoms with Gasteiger partial charge in [-0.25, -0.2) is 0 Å². The van der Waals surface area contributed by atoms with E-state index < -0.39 is 0 Å². The van der Waals surface area contributed by atoms with Crippen molar-refractivity contribution in [1.82, 2.24) is 0 Å². The molecule has 0 radical (unpaired) electrons. The molecule has 0 aliphatic rings. The van der Waals surface area contributed by atoms with Gasteiger partial charge >= 0.3 is 0 Å². The lowest BCUT2D eigenvalue weighted by atomic mass is 9.94. The van der Waals surface area contributed by atoms with Gasteiger partial charge in [0.05, 0.1) is 6.61 Å². The molecule has 2 heteroatoms. The van der Waals surface area contributed by atoms with E-state index in [-0.39, 0.29) is 0 Å². The van der Waals surface area contributed by atoms with E-state index >= 15 is 0 Å². The molecule has 16 heavy (non-hydrogen) atoms. The SMILES string of the molecule is CCOc1c(C)cc(C)cc1C(C)CCS. The van der Waals surface area contributed by atoms with Crippen molar-refractivity contribution in [2.75, 3.05) is 12.4 Å². The standard InChI is InChI=1S/C14H22OS/c1-5-15-14-12(4)8-10(2)9-13(14)11(3)6-7-16/h8-9,11,16H,5-7H2,1-4H3. The van der Waals surface area contributed by atoms with Gasteiger partial charge in [0, 0.05) is 0 Å². The average Bonchev–Trinajstić information content (AvgIpc) is 2.22. The van der Waals surface area contributed by atoms with E-state index in [9.17, 15) is 0 Å². The van der Waals surface area contributed by atoms with Crippen LogP contribution in [-0.2, 0) is 0 Å². The Morgan fingerprint density at radius 3 is 2.56 bits per heavy atom. The fourth-order valence-corrected chi connectivity index (χ4v) is 2.43. The molecule has 1 nitrogen and oxygen atoms in total. The van der Waals surface area contributed by atoms with E-state index in [2.05, 4.69) is 45.5 Å². The maximum absolute atomic E-state index is 5.77. The minimum absolute atomic E-state index is 0.512. The minimum atomic E-state index is 0.512. The third kappa shape index (κ3) is 3.18. The summed E-state index contributed by atoms with van der Waals surface area (Å²) >= 11 is 4.31. The van der Waals surface area contributed by atoms with Crippen LogP contribution in [0.15, 0.2) is 12.1 Å². The van der Waals surface area contributed by atoms with Gasteiger partial charge in [0.25, 0.3) is 0 Å². The largest absolute Gasteiger partial charge is 0.493 e. The van der Waals surface area contributed by atoms with E-state index in [4.69, 9.17) is 4.74 Å². The van der Waals surface area contributed by atoms with Crippen molar-refractivity contribution in [3.8, 4) is 5.75 Å². The van der Waals surface area contributed by atoms with Crippen LogP contribution in [0.25, 0.3) is 0 Å². The highest BCUT2D eigenvalue weighted by molar-refractivity contribution is 7.80. The van der Waals surface area contributed by atoms with Crippen molar-refractivity contribution in [3.05, 3.63) is 28.8 Å². The van der Waals surface area contributed by atoms with Crippen LogP contribution in [0.3, 0.4) is 0 Å².